The molecule has 1 aromatic heterocycles. The number of aromatic nitrogens is 3. The van der Waals surface area contributed by atoms with Crippen molar-refractivity contribution in [2.24, 2.45) is 0 Å². The van der Waals surface area contributed by atoms with E-state index in [0.29, 0.717) is 16.8 Å². The SMILES string of the molecule is CN(C)CCCNc1nncc(Nc2ccc(Cl)cc2)n1. The van der Waals surface area contributed by atoms with Crippen molar-refractivity contribution in [1.29, 1.82) is 0 Å². The number of rotatable bonds is 7. The Morgan fingerprint density at radius 2 is 1.95 bits per heavy atom. The van der Waals surface area contributed by atoms with Gasteiger partial charge in [-0.1, -0.05) is 11.6 Å². The summed E-state index contributed by atoms with van der Waals surface area (Å²) in [6.45, 7) is 1.83. The van der Waals surface area contributed by atoms with Gasteiger partial charge in [0.2, 0.25) is 5.95 Å². The minimum atomic E-state index is 0.521. The van der Waals surface area contributed by atoms with Crippen LogP contribution < -0.4 is 10.6 Å². The second kappa shape index (κ2) is 7.75. The van der Waals surface area contributed by atoms with Gasteiger partial charge in [-0.05, 0) is 51.3 Å². The highest BCUT2D eigenvalue weighted by molar-refractivity contribution is 6.30. The highest BCUT2D eigenvalue weighted by Gasteiger charge is 2.01. The maximum atomic E-state index is 5.85. The predicted molar refractivity (Wildman–Crippen MR) is 86.2 cm³/mol. The summed E-state index contributed by atoms with van der Waals surface area (Å²) in [6, 6.07) is 7.40. The molecule has 7 heteroatoms. The van der Waals surface area contributed by atoms with Crippen molar-refractivity contribution in [3.05, 3.63) is 35.5 Å². The second-order valence-corrected chi connectivity index (χ2v) is 5.32. The maximum Gasteiger partial charge on any atom is 0.244 e. The van der Waals surface area contributed by atoms with Crippen molar-refractivity contribution < 1.29 is 0 Å². The van der Waals surface area contributed by atoms with Gasteiger partial charge in [-0.2, -0.15) is 10.1 Å². The molecule has 0 spiro atoms. The standard InChI is InChI=1S/C14H19ClN6/c1-21(2)9-3-8-16-14-19-13(10-17-20-14)18-12-6-4-11(15)5-7-12/h4-7,10H,3,8-9H2,1-2H3,(H2,16,18,19,20). The first kappa shape index (κ1) is 15.5. The van der Waals surface area contributed by atoms with E-state index >= 15 is 0 Å². The van der Waals surface area contributed by atoms with Gasteiger partial charge in [-0.3, -0.25) is 0 Å². The van der Waals surface area contributed by atoms with E-state index in [9.17, 15) is 0 Å². The van der Waals surface area contributed by atoms with Gasteiger partial charge in [-0.25, -0.2) is 0 Å². The molecule has 0 saturated carbocycles. The van der Waals surface area contributed by atoms with E-state index in [1.54, 1.807) is 6.20 Å². The maximum absolute atomic E-state index is 5.85. The molecule has 1 aromatic carbocycles. The lowest BCUT2D eigenvalue weighted by Crippen LogP contribution is -2.17. The first-order chi connectivity index (χ1) is 10.1. The van der Waals surface area contributed by atoms with Crippen molar-refractivity contribution in [2.75, 3.05) is 37.8 Å². The Kier molecular flexibility index (Phi) is 5.71. The smallest absolute Gasteiger partial charge is 0.244 e. The summed E-state index contributed by atoms with van der Waals surface area (Å²) in [7, 11) is 4.10. The molecule has 0 unspecified atom stereocenters. The van der Waals surface area contributed by atoms with Crippen LogP contribution in [0.5, 0.6) is 0 Å². The number of benzene rings is 1. The van der Waals surface area contributed by atoms with Crippen LogP contribution in [-0.2, 0) is 0 Å². The summed E-state index contributed by atoms with van der Waals surface area (Å²) in [4.78, 5) is 6.50. The third kappa shape index (κ3) is 5.53. The fraction of sp³-hybridized carbons (Fsp3) is 0.357. The molecule has 2 aromatic rings. The molecular weight excluding hydrogens is 288 g/mol. The lowest BCUT2D eigenvalue weighted by molar-refractivity contribution is 0.405. The average Bonchev–Trinajstić information content (AvgIpc) is 2.46. The predicted octanol–water partition coefficient (Wildman–Crippen LogP) is 2.63. The van der Waals surface area contributed by atoms with E-state index in [2.05, 4.69) is 44.8 Å². The monoisotopic (exact) mass is 306 g/mol. The third-order valence-corrected chi connectivity index (χ3v) is 2.99. The summed E-state index contributed by atoms with van der Waals surface area (Å²) in [5, 5.41) is 14.9. The van der Waals surface area contributed by atoms with Crippen LogP contribution in [0.3, 0.4) is 0 Å². The van der Waals surface area contributed by atoms with Gasteiger partial charge in [0, 0.05) is 17.3 Å². The highest BCUT2D eigenvalue weighted by Crippen LogP contribution is 2.17. The molecule has 0 radical (unpaired) electrons. The number of halogens is 1. The third-order valence-electron chi connectivity index (χ3n) is 2.74. The fourth-order valence-electron chi connectivity index (χ4n) is 1.72. The van der Waals surface area contributed by atoms with Crippen LogP contribution in [0.25, 0.3) is 0 Å². The van der Waals surface area contributed by atoms with Crippen LogP contribution >= 0.6 is 11.6 Å². The highest BCUT2D eigenvalue weighted by atomic mass is 35.5. The van der Waals surface area contributed by atoms with E-state index < -0.39 is 0 Å². The molecule has 6 nitrogen and oxygen atoms in total. The quantitative estimate of drug-likeness (QED) is 0.767. The molecule has 0 saturated heterocycles. The zero-order valence-electron chi connectivity index (χ0n) is 12.2. The first-order valence-electron chi connectivity index (χ1n) is 6.74. The average molecular weight is 307 g/mol. The molecule has 0 atom stereocenters. The van der Waals surface area contributed by atoms with Gasteiger partial charge in [-0.15, -0.1) is 5.10 Å². The van der Waals surface area contributed by atoms with E-state index in [0.717, 1.165) is 25.2 Å². The molecule has 2 rings (SSSR count). The van der Waals surface area contributed by atoms with Crippen molar-refractivity contribution in [2.45, 2.75) is 6.42 Å². The van der Waals surface area contributed by atoms with E-state index in [1.165, 1.54) is 0 Å². The Hall–Kier alpha value is -1.92. The Morgan fingerprint density at radius 3 is 2.67 bits per heavy atom. The summed E-state index contributed by atoms with van der Waals surface area (Å²) < 4.78 is 0. The first-order valence-corrected chi connectivity index (χ1v) is 7.12. The molecule has 2 N–H and O–H groups in total. The van der Waals surface area contributed by atoms with Crippen LogP contribution in [-0.4, -0.2) is 47.3 Å². The Morgan fingerprint density at radius 1 is 1.19 bits per heavy atom. The zero-order valence-corrected chi connectivity index (χ0v) is 12.9. The summed E-state index contributed by atoms with van der Waals surface area (Å²) in [5.41, 5.74) is 0.901. The summed E-state index contributed by atoms with van der Waals surface area (Å²) >= 11 is 5.85. The molecule has 0 bridgehead atoms. The molecule has 1 heterocycles. The van der Waals surface area contributed by atoms with Crippen molar-refractivity contribution >= 4 is 29.1 Å². The summed E-state index contributed by atoms with van der Waals surface area (Å²) in [6.07, 6.45) is 2.60. The molecular formula is C14H19ClN6. The molecule has 0 aliphatic rings. The van der Waals surface area contributed by atoms with Gasteiger partial charge in [0.1, 0.15) is 0 Å². The fourth-order valence-corrected chi connectivity index (χ4v) is 1.84. The van der Waals surface area contributed by atoms with Crippen LogP contribution in [0.4, 0.5) is 17.5 Å². The van der Waals surface area contributed by atoms with Gasteiger partial charge < -0.3 is 15.5 Å². The normalized spacial score (nSPS) is 10.7. The number of hydrogen-bond acceptors (Lipinski definition) is 6. The molecule has 21 heavy (non-hydrogen) atoms. The Labute approximate surface area is 129 Å². The lowest BCUT2D eigenvalue weighted by Gasteiger charge is -2.10. The van der Waals surface area contributed by atoms with Crippen molar-refractivity contribution in [3.63, 3.8) is 0 Å². The number of nitrogens with one attached hydrogen (secondary N) is 2. The number of hydrogen-bond donors (Lipinski definition) is 2. The number of anilines is 3. The van der Waals surface area contributed by atoms with Gasteiger partial charge >= 0.3 is 0 Å². The van der Waals surface area contributed by atoms with Crippen LogP contribution in [0, 0.1) is 0 Å². The minimum Gasteiger partial charge on any atom is -0.353 e. The topological polar surface area (TPSA) is 66.0 Å². The van der Waals surface area contributed by atoms with E-state index in [1.807, 2.05) is 24.3 Å². The van der Waals surface area contributed by atoms with Crippen LogP contribution in [0.1, 0.15) is 6.42 Å². The Balaban J connectivity index is 1.89. The van der Waals surface area contributed by atoms with Crippen molar-refractivity contribution in [1.82, 2.24) is 20.1 Å². The summed E-state index contributed by atoms with van der Waals surface area (Å²) in [5.74, 6) is 1.16. The van der Waals surface area contributed by atoms with Gasteiger partial charge in [0.05, 0.1) is 6.20 Å². The molecule has 0 amide bonds. The number of nitrogens with zero attached hydrogens (tertiary/aromatic N) is 4. The lowest BCUT2D eigenvalue weighted by atomic mass is 10.3. The van der Waals surface area contributed by atoms with E-state index in [4.69, 9.17) is 11.6 Å². The second-order valence-electron chi connectivity index (χ2n) is 4.88. The molecule has 0 fully saturated rings. The Bertz CT molecular complexity index is 558. The largest absolute Gasteiger partial charge is 0.353 e. The molecule has 0 aliphatic carbocycles. The van der Waals surface area contributed by atoms with Crippen LogP contribution in [0.2, 0.25) is 5.02 Å². The molecule has 0 aliphatic heterocycles. The van der Waals surface area contributed by atoms with Gasteiger partial charge in [0.15, 0.2) is 5.82 Å². The van der Waals surface area contributed by atoms with E-state index in [-0.39, 0.29) is 0 Å². The molecule has 112 valence electrons. The van der Waals surface area contributed by atoms with Crippen LogP contribution in [0.15, 0.2) is 30.5 Å². The van der Waals surface area contributed by atoms with Gasteiger partial charge in [0.25, 0.3) is 0 Å². The minimum absolute atomic E-state index is 0.521. The zero-order chi connectivity index (χ0) is 15.1. The van der Waals surface area contributed by atoms with Crippen molar-refractivity contribution in [3.8, 4) is 0 Å².